The molecule has 0 saturated heterocycles. The van der Waals surface area contributed by atoms with Crippen LogP contribution in [0.2, 0.25) is 0 Å². The molecule has 1 aromatic rings. The minimum Gasteiger partial charge on any atom is -0.480 e. The molecule has 0 bridgehead atoms. The normalized spacial score (nSPS) is 15.2. The monoisotopic (exact) mass is 289 g/mol. The highest BCUT2D eigenvalue weighted by Gasteiger charge is 2.30. The summed E-state index contributed by atoms with van der Waals surface area (Å²) in [4.78, 5) is 11.2. The average molecular weight is 289 g/mol. The fourth-order valence-electron chi connectivity index (χ4n) is 1.62. The third-order valence-corrected chi connectivity index (χ3v) is 4.78. The first-order valence-corrected chi connectivity index (χ1v) is 7.42. The molecule has 2 N–H and O–H groups in total. The first kappa shape index (κ1) is 15.6. The molecule has 7 nitrogen and oxygen atoms in total. The number of aryl methyl sites for hydroxylation is 1. The lowest BCUT2D eigenvalue weighted by molar-refractivity contribution is -0.140. The molecule has 0 aliphatic rings. The Kier molecular flexibility index (Phi) is 4.70. The predicted octanol–water partition coefficient (Wildman–Crippen LogP) is 0.506. The molecule has 0 saturated carbocycles. The van der Waals surface area contributed by atoms with Gasteiger partial charge in [0.1, 0.15) is 10.9 Å². The van der Waals surface area contributed by atoms with Crippen LogP contribution in [0.25, 0.3) is 0 Å². The molecule has 0 unspecified atom stereocenters. The average Bonchev–Trinajstić information content (AvgIpc) is 2.66. The van der Waals surface area contributed by atoms with Crippen molar-refractivity contribution in [2.75, 3.05) is 0 Å². The maximum Gasteiger partial charge on any atom is 0.322 e. The van der Waals surface area contributed by atoms with Gasteiger partial charge in [-0.2, -0.15) is 9.82 Å². The second-order valence-corrected chi connectivity index (χ2v) is 6.22. The molecule has 1 rings (SSSR count). The van der Waals surface area contributed by atoms with Crippen molar-refractivity contribution in [1.29, 1.82) is 0 Å². The van der Waals surface area contributed by atoms with Gasteiger partial charge in [0, 0.05) is 7.05 Å². The van der Waals surface area contributed by atoms with Gasteiger partial charge in [0.2, 0.25) is 10.0 Å². The zero-order valence-corrected chi connectivity index (χ0v) is 12.2. The van der Waals surface area contributed by atoms with Gasteiger partial charge in [0.25, 0.3) is 0 Å². The van der Waals surface area contributed by atoms with Crippen LogP contribution in [0.4, 0.5) is 0 Å². The van der Waals surface area contributed by atoms with E-state index < -0.39 is 22.0 Å². The van der Waals surface area contributed by atoms with Gasteiger partial charge in [-0.15, -0.1) is 0 Å². The van der Waals surface area contributed by atoms with E-state index in [1.165, 1.54) is 10.9 Å². The molecule has 0 amide bonds. The third-order valence-electron chi connectivity index (χ3n) is 3.24. The smallest absolute Gasteiger partial charge is 0.322 e. The van der Waals surface area contributed by atoms with E-state index in [0.29, 0.717) is 12.1 Å². The summed E-state index contributed by atoms with van der Waals surface area (Å²) in [7, 11) is -2.26. The standard InChI is InChI=1S/C11H19N3O4S/c1-5-7(2)10(11(15)16)13-19(17,18)9-6-12-14(4)8(9)3/h6-7,10,13H,5H2,1-4H3,(H,15,16)/t7-,10-/m0/s1. The van der Waals surface area contributed by atoms with E-state index in [9.17, 15) is 13.2 Å². The lowest BCUT2D eigenvalue weighted by Gasteiger charge is -2.19. The maximum absolute atomic E-state index is 12.2. The van der Waals surface area contributed by atoms with Gasteiger partial charge >= 0.3 is 5.97 Å². The van der Waals surface area contributed by atoms with Crippen molar-refractivity contribution in [1.82, 2.24) is 14.5 Å². The fourth-order valence-corrected chi connectivity index (χ4v) is 3.12. The Morgan fingerprint density at radius 1 is 1.58 bits per heavy atom. The number of carboxylic acids is 1. The van der Waals surface area contributed by atoms with Gasteiger partial charge in [0.15, 0.2) is 0 Å². The van der Waals surface area contributed by atoms with Gasteiger partial charge in [-0.3, -0.25) is 9.48 Å². The van der Waals surface area contributed by atoms with Crippen molar-refractivity contribution in [2.24, 2.45) is 13.0 Å². The van der Waals surface area contributed by atoms with Crippen molar-refractivity contribution in [3.63, 3.8) is 0 Å². The molecule has 19 heavy (non-hydrogen) atoms. The van der Waals surface area contributed by atoms with Crippen molar-refractivity contribution >= 4 is 16.0 Å². The number of aromatic nitrogens is 2. The molecule has 0 aliphatic heterocycles. The topological polar surface area (TPSA) is 101 Å². The Morgan fingerprint density at radius 3 is 2.53 bits per heavy atom. The summed E-state index contributed by atoms with van der Waals surface area (Å²) < 4.78 is 28.0. The molecule has 1 heterocycles. The number of rotatable bonds is 6. The minimum absolute atomic E-state index is 0.00422. The van der Waals surface area contributed by atoms with Gasteiger partial charge < -0.3 is 5.11 Å². The zero-order chi connectivity index (χ0) is 14.8. The van der Waals surface area contributed by atoms with Crippen LogP contribution in [0.15, 0.2) is 11.1 Å². The van der Waals surface area contributed by atoms with Crippen LogP contribution in [0.3, 0.4) is 0 Å². The van der Waals surface area contributed by atoms with Crippen molar-refractivity contribution < 1.29 is 18.3 Å². The molecule has 0 radical (unpaired) electrons. The highest BCUT2D eigenvalue weighted by atomic mass is 32.2. The van der Waals surface area contributed by atoms with Crippen LogP contribution in [0, 0.1) is 12.8 Å². The summed E-state index contributed by atoms with van der Waals surface area (Å²) in [6.07, 6.45) is 1.78. The van der Waals surface area contributed by atoms with Crippen LogP contribution in [0.1, 0.15) is 26.0 Å². The molecule has 0 spiro atoms. The van der Waals surface area contributed by atoms with E-state index in [-0.39, 0.29) is 10.8 Å². The number of hydrogen-bond acceptors (Lipinski definition) is 4. The highest BCUT2D eigenvalue weighted by Crippen LogP contribution is 2.16. The molecule has 2 atom stereocenters. The van der Waals surface area contributed by atoms with Crippen molar-refractivity contribution in [3.05, 3.63) is 11.9 Å². The maximum atomic E-state index is 12.2. The Labute approximate surface area is 112 Å². The van der Waals surface area contributed by atoms with Gasteiger partial charge in [-0.05, 0) is 12.8 Å². The summed E-state index contributed by atoms with van der Waals surface area (Å²) in [5.41, 5.74) is 0.459. The number of hydrogen-bond donors (Lipinski definition) is 2. The Bertz CT molecular complexity index is 564. The summed E-state index contributed by atoms with van der Waals surface area (Å²) in [5, 5.41) is 13.0. The molecule has 108 valence electrons. The second kappa shape index (κ2) is 5.70. The largest absolute Gasteiger partial charge is 0.480 e. The lowest BCUT2D eigenvalue weighted by Crippen LogP contribution is -2.45. The van der Waals surface area contributed by atoms with Crippen molar-refractivity contribution in [2.45, 2.75) is 38.1 Å². The third kappa shape index (κ3) is 3.32. The molecule has 0 aliphatic carbocycles. The minimum atomic E-state index is -3.88. The number of carbonyl (C=O) groups is 1. The summed E-state index contributed by atoms with van der Waals surface area (Å²) in [6.45, 7) is 5.11. The predicted molar refractivity (Wildman–Crippen MR) is 69.1 cm³/mol. The molecule has 0 fully saturated rings. The van der Waals surface area contributed by atoms with Crippen LogP contribution >= 0.6 is 0 Å². The van der Waals surface area contributed by atoms with Crippen LogP contribution in [-0.4, -0.2) is 35.3 Å². The Hall–Kier alpha value is -1.41. The molecule has 8 heteroatoms. The lowest BCUT2D eigenvalue weighted by atomic mass is 10.0. The zero-order valence-electron chi connectivity index (χ0n) is 11.4. The molecule has 1 aromatic heterocycles. The number of carboxylic acid groups (broad SMARTS) is 1. The molecular weight excluding hydrogens is 270 g/mol. The number of nitrogens with zero attached hydrogens (tertiary/aromatic N) is 2. The highest BCUT2D eigenvalue weighted by molar-refractivity contribution is 7.89. The van der Waals surface area contributed by atoms with E-state index in [1.807, 2.05) is 6.92 Å². The van der Waals surface area contributed by atoms with Crippen LogP contribution < -0.4 is 4.72 Å². The number of aliphatic carboxylic acids is 1. The molecular formula is C11H19N3O4S. The first-order chi connectivity index (χ1) is 8.70. The Morgan fingerprint density at radius 2 is 2.16 bits per heavy atom. The summed E-state index contributed by atoms with van der Waals surface area (Å²) in [6, 6.07) is -1.14. The summed E-state index contributed by atoms with van der Waals surface area (Å²) in [5.74, 6) is -1.48. The van der Waals surface area contributed by atoms with E-state index in [2.05, 4.69) is 9.82 Å². The first-order valence-electron chi connectivity index (χ1n) is 5.94. The van der Waals surface area contributed by atoms with Crippen LogP contribution in [-0.2, 0) is 21.9 Å². The van der Waals surface area contributed by atoms with E-state index in [0.717, 1.165) is 0 Å². The number of sulfonamides is 1. The second-order valence-electron chi connectivity index (χ2n) is 4.54. The van der Waals surface area contributed by atoms with Crippen molar-refractivity contribution in [3.8, 4) is 0 Å². The van der Waals surface area contributed by atoms with Gasteiger partial charge in [-0.25, -0.2) is 8.42 Å². The van der Waals surface area contributed by atoms with E-state index in [4.69, 9.17) is 5.11 Å². The quantitative estimate of drug-likeness (QED) is 0.794. The van der Waals surface area contributed by atoms with Gasteiger partial charge in [0.05, 0.1) is 11.9 Å². The Balaban J connectivity index is 3.08. The van der Waals surface area contributed by atoms with E-state index >= 15 is 0 Å². The van der Waals surface area contributed by atoms with E-state index in [1.54, 1.807) is 20.9 Å². The molecule has 0 aromatic carbocycles. The number of nitrogens with one attached hydrogen (secondary N) is 1. The SMILES string of the molecule is CC[C@H](C)[C@H](NS(=O)(=O)c1cnn(C)c1C)C(=O)O. The summed E-state index contributed by atoms with van der Waals surface area (Å²) >= 11 is 0. The van der Waals surface area contributed by atoms with Gasteiger partial charge in [-0.1, -0.05) is 20.3 Å². The fraction of sp³-hybridized carbons (Fsp3) is 0.636. The van der Waals surface area contributed by atoms with Crippen LogP contribution in [0.5, 0.6) is 0 Å².